The average molecular weight is 264 g/mol. The Kier molecular flexibility index (Phi) is 5.39. The summed E-state index contributed by atoms with van der Waals surface area (Å²) in [5, 5.41) is 6.88. The van der Waals surface area contributed by atoms with E-state index in [4.69, 9.17) is 4.74 Å². The summed E-state index contributed by atoms with van der Waals surface area (Å²) in [6.07, 6.45) is 5.82. The number of hydrogen-bond donors (Lipinski definition) is 2. The third-order valence-corrected chi connectivity index (χ3v) is 3.35. The molecule has 0 radical (unpaired) electrons. The van der Waals surface area contributed by atoms with Gasteiger partial charge in [0.2, 0.25) is 0 Å². The van der Waals surface area contributed by atoms with Crippen LogP contribution in [0.5, 0.6) is 0 Å². The van der Waals surface area contributed by atoms with Crippen molar-refractivity contribution in [2.24, 2.45) is 0 Å². The van der Waals surface area contributed by atoms with Gasteiger partial charge in [0, 0.05) is 31.4 Å². The van der Waals surface area contributed by atoms with E-state index in [9.17, 15) is 0 Å². The molecule has 5 heteroatoms. The molecule has 0 aromatic carbocycles. The standard InChI is InChI=1S/C14H24N4O/c1-3-5-12-13(15-4-2)16-10-17-14(12)18-11-6-8-19-9-7-11/h10-11H,3-9H2,1-2H3,(H2,15,16,17,18). The van der Waals surface area contributed by atoms with Crippen LogP contribution in [0.15, 0.2) is 6.33 Å². The molecular formula is C14H24N4O. The predicted octanol–water partition coefficient (Wildman–Crippen LogP) is 2.45. The highest BCUT2D eigenvalue weighted by Crippen LogP contribution is 2.23. The Morgan fingerprint density at radius 3 is 2.63 bits per heavy atom. The quantitative estimate of drug-likeness (QED) is 0.826. The van der Waals surface area contributed by atoms with Gasteiger partial charge in [-0.1, -0.05) is 13.3 Å². The first-order chi connectivity index (χ1) is 9.35. The second-order valence-corrected chi connectivity index (χ2v) is 4.86. The molecule has 0 unspecified atom stereocenters. The van der Waals surface area contributed by atoms with Gasteiger partial charge in [-0.3, -0.25) is 0 Å². The molecule has 106 valence electrons. The Balaban J connectivity index is 2.14. The molecule has 19 heavy (non-hydrogen) atoms. The molecule has 0 aliphatic carbocycles. The van der Waals surface area contributed by atoms with Gasteiger partial charge in [-0.05, 0) is 26.2 Å². The van der Waals surface area contributed by atoms with Gasteiger partial charge in [0.05, 0.1) is 0 Å². The zero-order chi connectivity index (χ0) is 13.5. The van der Waals surface area contributed by atoms with Crippen LogP contribution in [0.3, 0.4) is 0 Å². The molecule has 2 N–H and O–H groups in total. The zero-order valence-electron chi connectivity index (χ0n) is 11.9. The molecule has 0 amide bonds. The van der Waals surface area contributed by atoms with E-state index in [2.05, 4.69) is 34.4 Å². The van der Waals surface area contributed by atoms with Crippen LogP contribution in [0.1, 0.15) is 38.7 Å². The Bertz CT molecular complexity index is 391. The fourth-order valence-corrected chi connectivity index (χ4v) is 2.38. The molecule has 1 fully saturated rings. The van der Waals surface area contributed by atoms with E-state index in [1.165, 1.54) is 5.56 Å². The third kappa shape index (κ3) is 3.80. The fourth-order valence-electron chi connectivity index (χ4n) is 2.38. The Morgan fingerprint density at radius 2 is 1.95 bits per heavy atom. The van der Waals surface area contributed by atoms with E-state index in [-0.39, 0.29) is 0 Å². The SMILES string of the molecule is CCCc1c(NCC)ncnc1NC1CCOCC1. The normalized spacial score (nSPS) is 16.3. The molecule has 0 spiro atoms. The molecule has 2 rings (SSSR count). The Hall–Kier alpha value is -1.36. The number of ether oxygens (including phenoxy) is 1. The van der Waals surface area contributed by atoms with Crippen molar-refractivity contribution < 1.29 is 4.74 Å². The topological polar surface area (TPSA) is 59.1 Å². The maximum atomic E-state index is 5.39. The van der Waals surface area contributed by atoms with Gasteiger partial charge in [0.15, 0.2) is 0 Å². The van der Waals surface area contributed by atoms with Gasteiger partial charge in [0.25, 0.3) is 0 Å². The molecule has 1 aliphatic heterocycles. The molecule has 5 nitrogen and oxygen atoms in total. The molecule has 0 bridgehead atoms. The van der Waals surface area contributed by atoms with Crippen molar-refractivity contribution in [2.45, 2.75) is 45.6 Å². The van der Waals surface area contributed by atoms with Crippen molar-refractivity contribution >= 4 is 11.6 Å². The second kappa shape index (κ2) is 7.28. The Morgan fingerprint density at radius 1 is 1.21 bits per heavy atom. The lowest BCUT2D eigenvalue weighted by molar-refractivity contribution is 0.0903. The molecule has 1 saturated heterocycles. The van der Waals surface area contributed by atoms with E-state index >= 15 is 0 Å². The smallest absolute Gasteiger partial charge is 0.134 e. The van der Waals surface area contributed by atoms with Gasteiger partial charge < -0.3 is 15.4 Å². The monoisotopic (exact) mass is 264 g/mol. The van der Waals surface area contributed by atoms with E-state index in [1.54, 1.807) is 6.33 Å². The molecule has 0 atom stereocenters. The van der Waals surface area contributed by atoms with Crippen LogP contribution in [-0.4, -0.2) is 35.8 Å². The highest BCUT2D eigenvalue weighted by atomic mass is 16.5. The van der Waals surface area contributed by atoms with Crippen molar-refractivity contribution in [3.8, 4) is 0 Å². The van der Waals surface area contributed by atoms with E-state index < -0.39 is 0 Å². The summed E-state index contributed by atoms with van der Waals surface area (Å²) >= 11 is 0. The minimum atomic E-state index is 0.466. The van der Waals surface area contributed by atoms with Crippen LogP contribution >= 0.6 is 0 Å². The Labute approximate surface area is 115 Å². The number of nitrogens with zero attached hydrogens (tertiary/aromatic N) is 2. The van der Waals surface area contributed by atoms with E-state index in [0.717, 1.165) is 57.1 Å². The lowest BCUT2D eigenvalue weighted by Crippen LogP contribution is -2.29. The van der Waals surface area contributed by atoms with Crippen LogP contribution in [0.2, 0.25) is 0 Å². The van der Waals surface area contributed by atoms with Crippen molar-refractivity contribution in [3.63, 3.8) is 0 Å². The summed E-state index contributed by atoms with van der Waals surface area (Å²) in [5.41, 5.74) is 1.21. The molecule has 2 heterocycles. The van der Waals surface area contributed by atoms with Crippen molar-refractivity contribution in [1.82, 2.24) is 9.97 Å². The fraction of sp³-hybridized carbons (Fsp3) is 0.714. The average Bonchev–Trinajstić information content (AvgIpc) is 2.44. The summed E-state index contributed by atoms with van der Waals surface area (Å²) in [4.78, 5) is 8.79. The lowest BCUT2D eigenvalue weighted by atomic mass is 10.1. The number of hydrogen-bond acceptors (Lipinski definition) is 5. The first-order valence-electron chi connectivity index (χ1n) is 7.27. The maximum Gasteiger partial charge on any atom is 0.134 e. The summed E-state index contributed by atoms with van der Waals surface area (Å²) in [6, 6.07) is 0.466. The molecule has 1 aliphatic rings. The van der Waals surface area contributed by atoms with Crippen LogP contribution in [0, 0.1) is 0 Å². The molecule has 1 aromatic heterocycles. The number of anilines is 2. The predicted molar refractivity (Wildman–Crippen MR) is 77.7 cm³/mol. The first kappa shape index (κ1) is 14.1. The van der Waals surface area contributed by atoms with Crippen LogP contribution in [-0.2, 0) is 11.2 Å². The largest absolute Gasteiger partial charge is 0.381 e. The highest BCUT2D eigenvalue weighted by Gasteiger charge is 2.17. The van der Waals surface area contributed by atoms with Gasteiger partial charge in [-0.2, -0.15) is 0 Å². The van der Waals surface area contributed by atoms with Crippen molar-refractivity contribution in [2.75, 3.05) is 30.4 Å². The van der Waals surface area contributed by atoms with Gasteiger partial charge in [0.1, 0.15) is 18.0 Å². The number of aromatic nitrogens is 2. The van der Waals surface area contributed by atoms with Crippen molar-refractivity contribution in [1.29, 1.82) is 0 Å². The zero-order valence-corrected chi connectivity index (χ0v) is 11.9. The summed E-state index contributed by atoms with van der Waals surface area (Å²) in [5.74, 6) is 1.95. The minimum absolute atomic E-state index is 0.466. The van der Waals surface area contributed by atoms with Gasteiger partial charge >= 0.3 is 0 Å². The summed E-state index contributed by atoms with van der Waals surface area (Å²) in [6.45, 7) is 6.83. The highest BCUT2D eigenvalue weighted by molar-refractivity contribution is 5.57. The van der Waals surface area contributed by atoms with Crippen LogP contribution < -0.4 is 10.6 Å². The lowest BCUT2D eigenvalue weighted by Gasteiger charge is -2.25. The summed E-state index contributed by atoms with van der Waals surface area (Å²) < 4.78 is 5.39. The first-order valence-corrected chi connectivity index (χ1v) is 7.27. The maximum absolute atomic E-state index is 5.39. The van der Waals surface area contributed by atoms with Crippen LogP contribution in [0.4, 0.5) is 11.6 Å². The van der Waals surface area contributed by atoms with Gasteiger partial charge in [-0.15, -0.1) is 0 Å². The molecular weight excluding hydrogens is 240 g/mol. The summed E-state index contributed by atoms with van der Waals surface area (Å²) in [7, 11) is 0. The van der Waals surface area contributed by atoms with E-state index in [1.807, 2.05) is 0 Å². The van der Waals surface area contributed by atoms with Crippen LogP contribution in [0.25, 0.3) is 0 Å². The van der Waals surface area contributed by atoms with Gasteiger partial charge in [-0.25, -0.2) is 9.97 Å². The number of rotatable bonds is 6. The number of nitrogens with one attached hydrogen (secondary N) is 2. The molecule has 0 saturated carbocycles. The third-order valence-electron chi connectivity index (χ3n) is 3.35. The van der Waals surface area contributed by atoms with Crippen molar-refractivity contribution in [3.05, 3.63) is 11.9 Å². The second-order valence-electron chi connectivity index (χ2n) is 4.86. The molecule has 1 aromatic rings. The minimum Gasteiger partial charge on any atom is -0.381 e. The van der Waals surface area contributed by atoms with E-state index in [0.29, 0.717) is 6.04 Å².